The van der Waals surface area contributed by atoms with Crippen LogP contribution < -0.4 is 10.6 Å². The lowest BCUT2D eigenvalue weighted by atomic mass is 10.2. The Kier molecular flexibility index (Phi) is 5.05. The monoisotopic (exact) mass is 355 g/mol. The zero-order valence-corrected chi connectivity index (χ0v) is 14.6. The molecule has 3 rings (SSSR count). The molecule has 1 fully saturated rings. The smallest absolute Gasteiger partial charge is 0.222 e. The Hall–Kier alpha value is -2.78. The maximum atomic E-state index is 11.5. The number of carbonyl (C=O) groups excluding carboxylic acids is 1. The molecule has 2 N–H and O–H groups in total. The van der Waals surface area contributed by atoms with Crippen molar-refractivity contribution in [3.05, 3.63) is 46.6 Å². The Bertz CT molecular complexity index is 833. The highest BCUT2D eigenvalue weighted by atomic mass is 35.5. The number of carbonyl (C=O) groups is 1. The van der Waals surface area contributed by atoms with Crippen LogP contribution in [0.25, 0.3) is 0 Å². The van der Waals surface area contributed by atoms with Gasteiger partial charge in [-0.3, -0.25) is 4.79 Å². The molecule has 0 bridgehead atoms. The molecule has 1 amide bonds. The Labute approximate surface area is 151 Å². The second-order valence-corrected chi connectivity index (χ2v) is 6.15. The van der Waals surface area contributed by atoms with Crippen molar-refractivity contribution >= 4 is 29.3 Å². The number of anilines is 2. The quantitative estimate of drug-likeness (QED) is 0.789. The summed E-state index contributed by atoms with van der Waals surface area (Å²) in [4.78, 5) is 23.8. The van der Waals surface area contributed by atoms with Gasteiger partial charge in [0.15, 0.2) is 0 Å². The van der Waals surface area contributed by atoms with Gasteiger partial charge in [0.1, 0.15) is 5.82 Å². The van der Waals surface area contributed by atoms with Crippen LogP contribution in [0.1, 0.15) is 18.1 Å². The van der Waals surface area contributed by atoms with Crippen molar-refractivity contribution in [3.63, 3.8) is 0 Å². The lowest BCUT2D eigenvalue weighted by Gasteiger charge is -2.35. The van der Waals surface area contributed by atoms with E-state index in [4.69, 9.17) is 17.3 Å². The minimum absolute atomic E-state index is 0.0876. The van der Waals surface area contributed by atoms with Gasteiger partial charge >= 0.3 is 0 Å². The average molecular weight is 356 g/mol. The van der Waals surface area contributed by atoms with Crippen LogP contribution in [0.15, 0.2) is 30.5 Å². The van der Waals surface area contributed by atoms with Crippen LogP contribution in [0.4, 0.5) is 11.8 Å². The summed E-state index contributed by atoms with van der Waals surface area (Å²) in [6.07, 6.45) is 1.64. The molecule has 25 heavy (non-hydrogen) atoms. The zero-order valence-electron chi connectivity index (χ0n) is 13.9. The molecular weight excluding hydrogens is 338 g/mol. The molecular formula is C18H18ClN5O. The van der Waals surface area contributed by atoms with E-state index in [0.29, 0.717) is 42.6 Å². The van der Waals surface area contributed by atoms with E-state index in [-0.39, 0.29) is 11.9 Å². The molecule has 2 aromatic rings. The molecule has 0 aliphatic carbocycles. The van der Waals surface area contributed by atoms with E-state index in [1.54, 1.807) is 25.3 Å². The highest BCUT2D eigenvalue weighted by Crippen LogP contribution is 2.19. The van der Waals surface area contributed by atoms with Gasteiger partial charge in [-0.05, 0) is 24.3 Å². The summed E-state index contributed by atoms with van der Waals surface area (Å²) in [7, 11) is 0. The number of nitrogens with zero attached hydrogens (tertiary/aromatic N) is 4. The first kappa shape index (κ1) is 17.1. The van der Waals surface area contributed by atoms with Crippen molar-refractivity contribution in [1.82, 2.24) is 14.9 Å². The maximum absolute atomic E-state index is 11.5. The van der Waals surface area contributed by atoms with Crippen LogP contribution in [0.2, 0.25) is 5.02 Å². The largest absolute Gasteiger partial charge is 0.368 e. The van der Waals surface area contributed by atoms with Gasteiger partial charge in [-0.15, -0.1) is 0 Å². The van der Waals surface area contributed by atoms with Crippen LogP contribution in [-0.2, 0) is 4.79 Å². The molecule has 6 nitrogen and oxygen atoms in total. The number of hydrogen-bond acceptors (Lipinski definition) is 5. The van der Waals surface area contributed by atoms with Crippen LogP contribution >= 0.6 is 11.6 Å². The van der Waals surface area contributed by atoms with Gasteiger partial charge in [0.2, 0.25) is 11.9 Å². The molecule has 0 saturated carbocycles. The molecule has 7 heteroatoms. The zero-order chi connectivity index (χ0) is 17.8. The highest BCUT2D eigenvalue weighted by molar-refractivity contribution is 6.30. The fourth-order valence-electron chi connectivity index (χ4n) is 2.62. The van der Waals surface area contributed by atoms with Gasteiger partial charge in [-0.25, -0.2) is 4.98 Å². The summed E-state index contributed by atoms with van der Waals surface area (Å²) >= 11 is 5.89. The van der Waals surface area contributed by atoms with Crippen LogP contribution in [-0.4, -0.2) is 47.0 Å². The summed E-state index contributed by atoms with van der Waals surface area (Å²) in [5.74, 6) is 7.21. The van der Waals surface area contributed by atoms with E-state index < -0.39 is 0 Å². The maximum Gasteiger partial charge on any atom is 0.222 e. The molecule has 2 heterocycles. The number of hydrogen-bond donors (Lipinski definition) is 1. The third-order valence-electron chi connectivity index (χ3n) is 4.00. The molecule has 1 aromatic heterocycles. The van der Waals surface area contributed by atoms with Gasteiger partial charge in [0, 0.05) is 43.7 Å². The molecule has 1 aliphatic rings. The fraction of sp³-hybridized carbons (Fsp3) is 0.278. The topological polar surface area (TPSA) is 75.4 Å². The lowest BCUT2D eigenvalue weighted by Crippen LogP contribution is -2.48. The number of benzene rings is 1. The fourth-order valence-corrected chi connectivity index (χ4v) is 2.75. The second kappa shape index (κ2) is 7.41. The van der Waals surface area contributed by atoms with Gasteiger partial charge in [0.25, 0.3) is 0 Å². The summed E-state index contributed by atoms with van der Waals surface area (Å²) in [5, 5.41) is 0.672. The van der Waals surface area contributed by atoms with Crippen molar-refractivity contribution in [3.8, 4) is 11.8 Å². The van der Waals surface area contributed by atoms with Crippen LogP contribution in [0.3, 0.4) is 0 Å². The number of nitrogens with two attached hydrogens (primary N) is 1. The lowest BCUT2D eigenvalue weighted by molar-refractivity contribution is -0.129. The van der Waals surface area contributed by atoms with Gasteiger partial charge < -0.3 is 15.5 Å². The van der Waals surface area contributed by atoms with Gasteiger partial charge in [-0.2, -0.15) is 4.98 Å². The first-order valence-corrected chi connectivity index (χ1v) is 8.31. The van der Waals surface area contributed by atoms with E-state index in [0.717, 1.165) is 5.56 Å². The Morgan fingerprint density at radius 2 is 1.84 bits per heavy atom. The molecule has 0 atom stereocenters. The third kappa shape index (κ3) is 4.20. The number of amides is 1. The van der Waals surface area contributed by atoms with Crippen molar-refractivity contribution < 1.29 is 4.79 Å². The van der Waals surface area contributed by atoms with Crippen LogP contribution in [0, 0.1) is 11.8 Å². The number of piperazine rings is 1. The van der Waals surface area contributed by atoms with Crippen molar-refractivity contribution in [2.75, 3.05) is 36.8 Å². The Morgan fingerprint density at radius 3 is 2.48 bits per heavy atom. The molecule has 0 radical (unpaired) electrons. The molecule has 0 unspecified atom stereocenters. The molecule has 1 saturated heterocycles. The summed E-state index contributed by atoms with van der Waals surface area (Å²) < 4.78 is 0. The molecule has 1 aliphatic heterocycles. The number of aromatic nitrogens is 2. The summed E-state index contributed by atoms with van der Waals surface area (Å²) in [6.45, 7) is 4.27. The number of halogens is 1. The first-order valence-electron chi connectivity index (χ1n) is 7.93. The highest BCUT2D eigenvalue weighted by Gasteiger charge is 2.21. The minimum atomic E-state index is 0.0876. The SMILES string of the molecule is CC(=O)N1CCN(c2nc(N)ncc2C#Cc2ccc(Cl)cc2)CC1. The minimum Gasteiger partial charge on any atom is -0.368 e. The molecule has 128 valence electrons. The standard InChI is InChI=1S/C18H18ClN5O/c1-13(25)23-8-10-24(11-9-23)17-15(12-21-18(20)22-17)5-2-14-3-6-16(19)7-4-14/h3-4,6-7,12H,8-11H2,1H3,(H2,20,21,22). The number of nitrogen functional groups attached to an aromatic ring is 1. The van der Waals surface area contributed by atoms with Crippen molar-refractivity contribution in [2.24, 2.45) is 0 Å². The van der Waals surface area contributed by atoms with Crippen molar-refractivity contribution in [2.45, 2.75) is 6.92 Å². The van der Waals surface area contributed by atoms with E-state index in [1.165, 1.54) is 0 Å². The van der Waals surface area contributed by atoms with Crippen LogP contribution in [0.5, 0.6) is 0 Å². The molecule has 0 spiro atoms. The van der Waals surface area contributed by atoms with E-state index in [1.807, 2.05) is 17.0 Å². The second-order valence-electron chi connectivity index (χ2n) is 5.72. The third-order valence-corrected chi connectivity index (χ3v) is 4.25. The first-order chi connectivity index (χ1) is 12.0. The summed E-state index contributed by atoms with van der Waals surface area (Å²) in [5.41, 5.74) is 7.32. The molecule has 1 aromatic carbocycles. The Morgan fingerprint density at radius 1 is 1.16 bits per heavy atom. The van der Waals surface area contributed by atoms with Gasteiger partial charge in [0.05, 0.1) is 11.8 Å². The average Bonchev–Trinajstić information content (AvgIpc) is 2.62. The van der Waals surface area contributed by atoms with Gasteiger partial charge in [-0.1, -0.05) is 23.4 Å². The van der Waals surface area contributed by atoms with E-state index >= 15 is 0 Å². The predicted molar refractivity (Wildman–Crippen MR) is 98.3 cm³/mol. The summed E-state index contributed by atoms with van der Waals surface area (Å²) in [6, 6.07) is 7.32. The Balaban J connectivity index is 1.84. The van der Waals surface area contributed by atoms with E-state index in [9.17, 15) is 4.79 Å². The predicted octanol–water partition coefficient (Wildman–Crippen LogP) is 1.78. The van der Waals surface area contributed by atoms with Crippen molar-refractivity contribution in [1.29, 1.82) is 0 Å². The van der Waals surface area contributed by atoms with E-state index in [2.05, 4.69) is 26.7 Å². The normalized spacial score (nSPS) is 14.0. The number of rotatable bonds is 1.